The molecule has 1 amide bonds. The number of benzene rings is 2. The summed E-state index contributed by atoms with van der Waals surface area (Å²) < 4.78 is 1.09. The highest BCUT2D eigenvalue weighted by atomic mass is 32.1. The Balaban J connectivity index is 1.43. The topological polar surface area (TPSA) is 48.5 Å². The molecule has 0 aliphatic carbocycles. The minimum Gasteiger partial charge on any atom is -0.346 e. The van der Waals surface area contributed by atoms with E-state index < -0.39 is 0 Å². The summed E-state index contributed by atoms with van der Waals surface area (Å²) in [5.74, 6) is -0.136. The van der Waals surface area contributed by atoms with Crippen LogP contribution in [-0.2, 0) is 4.79 Å². The monoisotopic (exact) mass is 406 g/mol. The van der Waals surface area contributed by atoms with Crippen LogP contribution >= 0.6 is 11.3 Å². The Hall–Kier alpha value is -2.70. The molecule has 2 aromatic carbocycles. The van der Waals surface area contributed by atoms with Crippen LogP contribution in [0.25, 0.3) is 16.3 Å². The number of aromatic nitrogens is 1. The van der Waals surface area contributed by atoms with Crippen molar-refractivity contribution in [2.24, 2.45) is 0 Å². The lowest BCUT2D eigenvalue weighted by Gasteiger charge is -2.19. The maximum Gasteiger partial charge on any atom is 0.248 e. The normalized spacial score (nSPS) is 17.0. The van der Waals surface area contributed by atoms with E-state index in [2.05, 4.69) is 29.2 Å². The molecule has 1 aliphatic rings. The molecular formula is C23H26N4OS. The van der Waals surface area contributed by atoms with Crippen molar-refractivity contribution >= 4 is 44.4 Å². The smallest absolute Gasteiger partial charge is 0.248 e. The fourth-order valence-corrected chi connectivity index (χ4v) is 4.54. The van der Waals surface area contributed by atoms with Crippen LogP contribution < -0.4 is 10.2 Å². The summed E-state index contributed by atoms with van der Waals surface area (Å²) in [6.07, 6.45) is 4.56. The maximum absolute atomic E-state index is 12.3. The minimum absolute atomic E-state index is 0.136. The highest BCUT2D eigenvalue weighted by Crippen LogP contribution is 2.33. The lowest BCUT2D eigenvalue weighted by atomic mass is 10.1. The molecule has 5 nitrogen and oxygen atoms in total. The van der Waals surface area contributed by atoms with Crippen LogP contribution in [0.4, 0.5) is 10.8 Å². The second-order valence-electron chi connectivity index (χ2n) is 7.76. The molecule has 150 valence electrons. The summed E-state index contributed by atoms with van der Waals surface area (Å²) in [6.45, 7) is 4.10. The van der Waals surface area contributed by atoms with Crippen LogP contribution in [0.5, 0.6) is 0 Å². The van der Waals surface area contributed by atoms with Crippen molar-refractivity contribution in [1.29, 1.82) is 0 Å². The first-order valence-corrected chi connectivity index (χ1v) is 10.7. The Bertz CT molecular complexity index is 1040. The largest absolute Gasteiger partial charge is 0.346 e. The average Bonchev–Trinajstić information content (AvgIpc) is 3.34. The highest BCUT2D eigenvalue weighted by molar-refractivity contribution is 7.22. The maximum atomic E-state index is 12.3. The molecular weight excluding hydrogens is 380 g/mol. The van der Waals surface area contributed by atoms with Crippen LogP contribution in [-0.4, -0.2) is 49.0 Å². The SMILES string of the molecule is Cc1ccc(/C=C\C(=O)Nc2ccc3nc(N4CCC(N(C)C)C4)sc3c2)cc1. The number of carbonyl (C=O) groups excluding carboxylic acids is 1. The number of aryl methyl sites for hydroxylation is 1. The van der Waals surface area contributed by atoms with E-state index in [1.807, 2.05) is 55.5 Å². The third-order valence-electron chi connectivity index (χ3n) is 5.31. The van der Waals surface area contributed by atoms with Gasteiger partial charge < -0.3 is 15.1 Å². The van der Waals surface area contributed by atoms with Crippen molar-refractivity contribution in [2.45, 2.75) is 19.4 Å². The van der Waals surface area contributed by atoms with Gasteiger partial charge in [-0.3, -0.25) is 4.79 Å². The lowest BCUT2D eigenvalue weighted by molar-refractivity contribution is -0.111. The number of rotatable bonds is 5. The van der Waals surface area contributed by atoms with Gasteiger partial charge in [0.2, 0.25) is 5.91 Å². The number of fused-ring (bicyclic) bond motifs is 1. The lowest BCUT2D eigenvalue weighted by Crippen LogP contribution is -2.31. The van der Waals surface area contributed by atoms with E-state index in [-0.39, 0.29) is 5.91 Å². The summed E-state index contributed by atoms with van der Waals surface area (Å²) in [5.41, 5.74) is 3.98. The summed E-state index contributed by atoms with van der Waals surface area (Å²) in [5, 5.41) is 4.01. The van der Waals surface area contributed by atoms with Gasteiger partial charge in [0.05, 0.1) is 10.2 Å². The summed E-state index contributed by atoms with van der Waals surface area (Å²) in [4.78, 5) is 21.7. The minimum atomic E-state index is -0.136. The van der Waals surface area contributed by atoms with Gasteiger partial charge in [0.15, 0.2) is 5.13 Å². The summed E-state index contributed by atoms with van der Waals surface area (Å²) >= 11 is 1.69. The third kappa shape index (κ3) is 4.66. The molecule has 29 heavy (non-hydrogen) atoms. The summed E-state index contributed by atoms with van der Waals surface area (Å²) in [7, 11) is 4.27. The van der Waals surface area contributed by atoms with Gasteiger partial charge in [0, 0.05) is 30.9 Å². The average molecular weight is 407 g/mol. The first kappa shape index (κ1) is 19.6. The Labute approximate surface area is 175 Å². The number of hydrogen-bond donors (Lipinski definition) is 1. The summed E-state index contributed by atoms with van der Waals surface area (Å²) in [6, 6.07) is 14.6. The van der Waals surface area contributed by atoms with Gasteiger partial charge in [-0.25, -0.2) is 4.98 Å². The Morgan fingerprint density at radius 2 is 2.03 bits per heavy atom. The molecule has 6 heteroatoms. The third-order valence-corrected chi connectivity index (χ3v) is 6.39. The van der Waals surface area contributed by atoms with Crippen molar-refractivity contribution in [1.82, 2.24) is 9.88 Å². The van der Waals surface area contributed by atoms with Gasteiger partial charge in [-0.05, 0) is 57.3 Å². The number of nitrogens with one attached hydrogen (secondary N) is 1. The number of thiazole rings is 1. The molecule has 0 saturated carbocycles. The Morgan fingerprint density at radius 1 is 1.24 bits per heavy atom. The van der Waals surface area contributed by atoms with Gasteiger partial charge in [-0.2, -0.15) is 0 Å². The van der Waals surface area contributed by atoms with Crippen molar-refractivity contribution < 1.29 is 4.79 Å². The molecule has 1 atom stereocenters. The van der Waals surface area contributed by atoms with Crippen LogP contribution in [0.2, 0.25) is 0 Å². The number of likely N-dealkylation sites (N-methyl/N-ethyl adjacent to an activating group) is 1. The number of carbonyl (C=O) groups is 1. The van der Waals surface area contributed by atoms with Gasteiger partial charge in [0.25, 0.3) is 0 Å². The van der Waals surface area contributed by atoms with Crippen LogP contribution in [0.3, 0.4) is 0 Å². The Morgan fingerprint density at radius 3 is 2.76 bits per heavy atom. The molecule has 1 N–H and O–H groups in total. The highest BCUT2D eigenvalue weighted by Gasteiger charge is 2.26. The van der Waals surface area contributed by atoms with Gasteiger partial charge >= 0.3 is 0 Å². The quantitative estimate of drug-likeness (QED) is 0.638. The van der Waals surface area contributed by atoms with Gasteiger partial charge in [-0.15, -0.1) is 0 Å². The zero-order chi connectivity index (χ0) is 20.4. The molecule has 1 unspecified atom stereocenters. The molecule has 0 bridgehead atoms. The Kier molecular flexibility index (Phi) is 5.65. The molecule has 1 saturated heterocycles. The molecule has 0 radical (unpaired) electrons. The van der Waals surface area contributed by atoms with Crippen molar-refractivity contribution in [3.63, 3.8) is 0 Å². The predicted octanol–water partition coefficient (Wildman–Crippen LogP) is 4.40. The molecule has 2 heterocycles. The van der Waals surface area contributed by atoms with E-state index in [0.29, 0.717) is 6.04 Å². The molecule has 3 aromatic rings. The van der Waals surface area contributed by atoms with E-state index >= 15 is 0 Å². The predicted molar refractivity (Wildman–Crippen MR) is 123 cm³/mol. The fourth-order valence-electron chi connectivity index (χ4n) is 3.50. The van der Waals surface area contributed by atoms with Gasteiger partial charge in [-0.1, -0.05) is 41.2 Å². The van der Waals surface area contributed by atoms with Crippen LogP contribution in [0.15, 0.2) is 48.5 Å². The first-order chi connectivity index (χ1) is 14.0. The zero-order valence-electron chi connectivity index (χ0n) is 17.1. The second kappa shape index (κ2) is 8.35. The van der Waals surface area contributed by atoms with Crippen LogP contribution in [0.1, 0.15) is 17.5 Å². The van der Waals surface area contributed by atoms with Crippen molar-refractivity contribution in [2.75, 3.05) is 37.4 Å². The van der Waals surface area contributed by atoms with E-state index in [0.717, 1.165) is 46.1 Å². The van der Waals surface area contributed by atoms with E-state index in [9.17, 15) is 4.79 Å². The number of anilines is 2. The van der Waals surface area contributed by atoms with Crippen LogP contribution in [0, 0.1) is 6.92 Å². The van der Waals surface area contributed by atoms with E-state index in [1.54, 1.807) is 17.4 Å². The van der Waals surface area contributed by atoms with Crippen molar-refractivity contribution in [3.05, 3.63) is 59.7 Å². The first-order valence-electron chi connectivity index (χ1n) is 9.85. The van der Waals surface area contributed by atoms with E-state index in [4.69, 9.17) is 4.98 Å². The van der Waals surface area contributed by atoms with Gasteiger partial charge in [0.1, 0.15) is 0 Å². The standard InChI is InChI=1S/C23H26N4OS/c1-16-4-6-17(7-5-16)8-11-22(28)24-18-9-10-20-21(14-18)29-23(25-20)27-13-12-19(15-27)26(2)3/h4-11,14,19H,12-13,15H2,1-3H3,(H,24,28)/b11-8-. The second-order valence-corrected chi connectivity index (χ2v) is 8.77. The number of hydrogen-bond acceptors (Lipinski definition) is 5. The molecule has 1 fully saturated rings. The molecule has 4 rings (SSSR count). The molecule has 1 aliphatic heterocycles. The molecule has 1 aromatic heterocycles. The van der Waals surface area contributed by atoms with Crippen molar-refractivity contribution in [3.8, 4) is 0 Å². The zero-order valence-corrected chi connectivity index (χ0v) is 17.9. The van der Waals surface area contributed by atoms with E-state index in [1.165, 1.54) is 5.56 Å². The number of amides is 1. The number of nitrogens with zero attached hydrogens (tertiary/aromatic N) is 3. The molecule has 0 spiro atoms. The fraction of sp³-hybridized carbons (Fsp3) is 0.304.